The molecule has 0 spiro atoms. The van der Waals surface area contributed by atoms with Crippen LogP contribution in [0.25, 0.3) is 0 Å². The third-order valence-corrected chi connectivity index (χ3v) is 3.73. The Labute approximate surface area is 119 Å². The quantitative estimate of drug-likeness (QED) is 0.838. The maximum atomic E-state index is 13.5. The fraction of sp³-hybridized carbons (Fsp3) is 0.438. The second-order valence-corrected chi connectivity index (χ2v) is 5.02. The highest BCUT2D eigenvalue weighted by Crippen LogP contribution is 2.27. The predicted octanol–water partition coefficient (Wildman–Crippen LogP) is 2.61. The zero-order valence-corrected chi connectivity index (χ0v) is 11.6. The number of hydrogen-bond acceptors (Lipinski definition) is 3. The van der Waals surface area contributed by atoms with Gasteiger partial charge in [0.2, 0.25) is 0 Å². The van der Waals surface area contributed by atoms with Gasteiger partial charge in [0.25, 0.3) is 0 Å². The zero-order valence-electron chi connectivity index (χ0n) is 11.6. The van der Waals surface area contributed by atoms with E-state index in [9.17, 15) is 4.39 Å². The molecule has 1 aromatic rings. The van der Waals surface area contributed by atoms with Crippen molar-refractivity contribution in [3.05, 3.63) is 47.8 Å². The summed E-state index contributed by atoms with van der Waals surface area (Å²) < 4.78 is 13.5. The normalized spacial score (nSPS) is 17.4. The molecular formula is C16H20FN3. The molecule has 4 heteroatoms. The molecule has 0 amide bonds. The number of halogens is 1. The van der Waals surface area contributed by atoms with E-state index in [2.05, 4.69) is 16.8 Å². The minimum atomic E-state index is -0.445. The van der Waals surface area contributed by atoms with Gasteiger partial charge in [-0.15, -0.1) is 6.58 Å². The van der Waals surface area contributed by atoms with Gasteiger partial charge >= 0.3 is 0 Å². The van der Waals surface area contributed by atoms with Gasteiger partial charge in [0.05, 0.1) is 5.56 Å². The zero-order chi connectivity index (χ0) is 14.4. The van der Waals surface area contributed by atoms with Crippen LogP contribution in [-0.4, -0.2) is 31.1 Å². The van der Waals surface area contributed by atoms with Crippen LogP contribution in [0.5, 0.6) is 0 Å². The van der Waals surface area contributed by atoms with Gasteiger partial charge in [-0.05, 0) is 30.5 Å². The number of piperazine rings is 1. The van der Waals surface area contributed by atoms with Crippen LogP contribution in [0.15, 0.2) is 30.9 Å². The molecule has 0 aromatic heterocycles. The molecule has 1 N–H and O–H groups in total. The summed E-state index contributed by atoms with van der Waals surface area (Å²) in [6.45, 7) is 7.66. The molecule has 1 aliphatic heterocycles. The fourth-order valence-corrected chi connectivity index (χ4v) is 2.67. The Morgan fingerprint density at radius 3 is 2.85 bits per heavy atom. The molecule has 2 rings (SSSR count). The highest BCUT2D eigenvalue weighted by Gasteiger charge is 2.22. The molecule has 20 heavy (non-hydrogen) atoms. The van der Waals surface area contributed by atoms with Crippen LogP contribution in [0.1, 0.15) is 30.0 Å². The van der Waals surface area contributed by atoms with Crippen molar-refractivity contribution in [2.45, 2.75) is 18.9 Å². The first-order valence-electron chi connectivity index (χ1n) is 7.01. The second-order valence-electron chi connectivity index (χ2n) is 5.02. The minimum absolute atomic E-state index is 0.126. The smallest absolute Gasteiger partial charge is 0.140 e. The van der Waals surface area contributed by atoms with Crippen molar-refractivity contribution in [1.82, 2.24) is 10.2 Å². The molecule has 1 saturated heterocycles. The van der Waals surface area contributed by atoms with E-state index >= 15 is 0 Å². The predicted molar refractivity (Wildman–Crippen MR) is 77.7 cm³/mol. The number of rotatable bonds is 5. The standard InChI is InChI=1S/C16H20FN3/c1-2-3-4-16(20-9-7-19-8-10-20)13-5-6-15(17)14(11-13)12-18/h2,5-6,11,16,19H,1,3-4,7-10H2/t16-/m1/s1. The van der Waals surface area contributed by atoms with Crippen LogP contribution < -0.4 is 5.32 Å². The Hall–Kier alpha value is -1.70. The number of nitriles is 1. The maximum Gasteiger partial charge on any atom is 0.140 e. The largest absolute Gasteiger partial charge is 0.314 e. The van der Waals surface area contributed by atoms with Crippen molar-refractivity contribution < 1.29 is 4.39 Å². The fourth-order valence-electron chi connectivity index (χ4n) is 2.67. The van der Waals surface area contributed by atoms with E-state index in [4.69, 9.17) is 5.26 Å². The molecule has 1 aromatic carbocycles. The summed E-state index contributed by atoms with van der Waals surface area (Å²) in [6.07, 6.45) is 3.76. The summed E-state index contributed by atoms with van der Waals surface area (Å²) in [6, 6.07) is 7.03. The molecule has 0 unspecified atom stereocenters. The van der Waals surface area contributed by atoms with Crippen molar-refractivity contribution in [3.63, 3.8) is 0 Å². The molecule has 1 atom stereocenters. The molecule has 0 bridgehead atoms. The third kappa shape index (κ3) is 3.44. The van der Waals surface area contributed by atoms with Crippen LogP contribution in [0.4, 0.5) is 4.39 Å². The topological polar surface area (TPSA) is 39.1 Å². The molecule has 1 heterocycles. The summed E-state index contributed by atoms with van der Waals surface area (Å²) in [4.78, 5) is 2.40. The lowest BCUT2D eigenvalue weighted by atomic mass is 9.97. The number of allylic oxidation sites excluding steroid dienone is 1. The molecule has 0 radical (unpaired) electrons. The van der Waals surface area contributed by atoms with Gasteiger partial charge in [0, 0.05) is 32.2 Å². The molecule has 1 aliphatic rings. The average Bonchev–Trinajstić information content (AvgIpc) is 2.50. The number of nitrogens with zero attached hydrogens (tertiary/aromatic N) is 2. The summed E-state index contributed by atoms with van der Waals surface area (Å²) in [5.74, 6) is -0.445. The van der Waals surface area contributed by atoms with E-state index in [0.29, 0.717) is 0 Å². The van der Waals surface area contributed by atoms with Crippen LogP contribution in [0, 0.1) is 17.1 Å². The Morgan fingerprint density at radius 1 is 1.45 bits per heavy atom. The second kappa shape index (κ2) is 7.18. The lowest BCUT2D eigenvalue weighted by molar-refractivity contribution is 0.166. The van der Waals surface area contributed by atoms with E-state index in [-0.39, 0.29) is 11.6 Å². The Bertz CT molecular complexity index is 501. The number of nitrogens with one attached hydrogen (secondary N) is 1. The number of benzene rings is 1. The van der Waals surface area contributed by atoms with Gasteiger partial charge in [0.15, 0.2) is 0 Å². The Morgan fingerprint density at radius 2 is 2.20 bits per heavy atom. The molecule has 3 nitrogen and oxygen atoms in total. The van der Waals surface area contributed by atoms with E-state index in [1.54, 1.807) is 12.1 Å². The highest BCUT2D eigenvalue weighted by atomic mass is 19.1. The molecular weight excluding hydrogens is 253 g/mol. The van der Waals surface area contributed by atoms with E-state index in [1.165, 1.54) is 6.07 Å². The maximum absolute atomic E-state index is 13.5. The summed E-state index contributed by atoms with van der Waals surface area (Å²) >= 11 is 0. The van der Waals surface area contributed by atoms with Gasteiger partial charge in [-0.3, -0.25) is 4.90 Å². The van der Waals surface area contributed by atoms with E-state index < -0.39 is 5.82 Å². The summed E-state index contributed by atoms with van der Waals surface area (Å²) in [5, 5.41) is 12.3. The first kappa shape index (κ1) is 14.7. The lowest BCUT2D eigenvalue weighted by Crippen LogP contribution is -2.45. The van der Waals surface area contributed by atoms with Crippen molar-refractivity contribution in [3.8, 4) is 6.07 Å². The highest BCUT2D eigenvalue weighted by molar-refractivity contribution is 5.35. The molecule has 1 fully saturated rings. The first-order chi connectivity index (χ1) is 9.76. The Kier molecular flexibility index (Phi) is 5.28. The van der Waals surface area contributed by atoms with Crippen LogP contribution in [0.3, 0.4) is 0 Å². The van der Waals surface area contributed by atoms with Gasteiger partial charge in [-0.2, -0.15) is 5.26 Å². The van der Waals surface area contributed by atoms with Crippen LogP contribution >= 0.6 is 0 Å². The SMILES string of the molecule is C=CCC[C@H](c1ccc(F)c(C#N)c1)N1CCNCC1. The van der Waals surface area contributed by atoms with Gasteiger partial charge in [-0.25, -0.2) is 4.39 Å². The van der Waals surface area contributed by atoms with Gasteiger partial charge < -0.3 is 5.32 Å². The van der Waals surface area contributed by atoms with Crippen LogP contribution in [0.2, 0.25) is 0 Å². The van der Waals surface area contributed by atoms with Gasteiger partial charge in [-0.1, -0.05) is 12.1 Å². The first-order valence-corrected chi connectivity index (χ1v) is 7.01. The lowest BCUT2D eigenvalue weighted by Gasteiger charge is -2.35. The molecule has 0 aliphatic carbocycles. The molecule has 106 valence electrons. The van der Waals surface area contributed by atoms with Crippen molar-refractivity contribution >= 4 is 0 Å². The third-order valence-electron chi connectivity index (χ3n) is 3.73. The minimum Gasteiger partial charge on any atom is -0.314 e. The number of hydrogen-bond donors (Lipinski definition) is 1. The van der Waals surface area contributed by atoms with Crippen molar-refractivity contribution in [2.24, 2.45) is 0 Å². The van der Waals surface area contributed by atoms with Crippen molar-refractivity contribution in [2.75, 3.05) is 26.2 Å². The summed E-state index contributed by atoms with van der Waals surface area (Å²) in [7, 11) is 0. The molecule has 0 saturated carbocycles. The van der Waals surface area contributed by atoms with E-state index in [0.717, 1.165) is 44.6 Å². The van der Waals surface area contributed by atoms with Crippen molar-refractivity contribution in [1.29, 1.82) is 5.26 Å². The van der Waals surface area contributed by atoms with E-state index in [1.807, 2.05) is 12.1 Å². The van der Waals surface area contributed by atoms with Crippen LogP contribution in [-0.2, 0) is 0 Å². The Balaban J connectivity index is 2.25. The monoisotopic (exact) mass is 273 g/mol. The summed E-state index contributed by atoms with van der Waals surface area (Å²) in [5.41, 5.74) is 1.15. The average molecular weight is 273 g/mol. The van der Waals surface area contributed by atoms with Gasteiger partial charge in [0.1, 0.15) is 11.9 Å².